The Morgan fingerprint density at radius 1 is 1.09 bits per heavy atom. The third-order valence-electron chi connectivity index (χ3n) is 3.46. The maximum Gasteiger partial charge on any atom is 0.254 e. The first-order valence-electron chi connectivity index (χ1n) is 6.97. The first kappa shape index (κ1) is 14.3. The summed E-state index contributed by atoms with van der Waals surface area (Å²) in [4.78, 5) is 13.6. The van der Waals surface area contributed by atoms with Crippen molar-refractivity contribution in [1.29, 1.82) is 0 Å². The number of halogens is 1. The quantitative estimate of drug-likeness (QED) is 0.818. The number of rotatable bonds is 1. The topological polar surface area (TPSA) is 40.5 Å². The molecule has 0 bridgehead atoms. The van der Waals surface area contributed by atoms with Crippen LogP contribution in [0.5, 0.6) is 0 Å². The zero-order valence-electron chi connectivity index (χ0n) is 11.8. The summed E-state index contributed by atoms with van der Waals surface area (Å²) in [6.07, 6.45) is -0.402. The van der Waals surface area contributed by atoms with E-state index in [4.69, 9.17) is 0 Å². The Balaban J connectivity index is 1.71. The van der Waals surface area contributed by atoms with E-state index in [1.807, 2.05) is 0 Å². The number of amides is 1. The van der Waals surface area contributed by atoms with Gasteiger partial charge in [0.15, 0.2) is 0 Å². The number of aliphatic hydroxyl groups is 1. The summed E-state index contributed by atoms with van der Waals surface area (Å²) in [6, 6.07) is 13.0. The number of likely N-dealkylation sites (tertiary alicyclic amines) is 1. The molecule has 1 saturated heterocycles. The SMILES string of the molecule is O=C(c1ccc(C#Cc2cccc(F)c2)cc1)N1CC(O)C1. The zero-order chi connectivity index (χ0) is 15.5. The van der Waals surface area contributed by atoms with E-state index in [1.165, 1.54) is 12.1 Å². The maximum atomic E-state index is 13.0. The van der Waals surface area contributed by atoms with E-state index in [1.54, 1.807) is 41.3 Å². The minimum absolute atomic E-state index is 0.0880. The van der Waals surface area contributed by atoms with E-state index in [0.717, 1.165) is 5.56 Å². The number of hydrogen-bond acceptors (Lipinski definition) is 2. The van der Waals surface area contributed by atoms with Gasteiger partial charge in [-0.15, -0.1) is 0 Å². The van der Waals surface area contributed by atoms with Gasteiger partial charge in [-0.3, -0.25) is 4.79 Å². The molecule has 2 aromatic carbocycles. The molecule has 3 nitrogen and oxygen atoms in total. The Morgan fingerprint density at radius 2 is 1.77 bits per heavy atom. The van der Waals surface area contributed by atoms with E-state index in [-0.39, 0.29) is 11.7 Å². The number of hydrogen-bond donors (Lipinski definition) is 1. The van der Waals surface area contributed by atoms with Crippen LogP contribution in [0.1, 0.15) is 21.5 Å². The lowest BCUT2D eigenvalue weighted by Crippen LogP contribution is -2.53. The molecule has 0 aliphatic carbocycles. The van der Waals surface area contributed by atoms with Crippen LogP contribution in [0.25, 0.3) is 0 Å². The number of carbonyl (C=O) groups is 1. The molecule has 0 atom stereocenters. The van der Waals surface area contributed by atoms with Gasteiger partial charge < -0.3 is 10.0 Å². The average molecular weight is 295 g/mol. The molecule has 3 rings (SSSR count). The predicted octanol–water partition coefficient (Wildman–Crippen LogP) is 2.04. The maximum absolute atomic E-state index is 13.0. The molecule has 0 radical (unpaired) electrons. The van der Waals surface area contributed by atoms with Crippen LogP contribution in [-0.4, -0.2) is 35.1 Å². The van der Waals surface area contributed by atoms with Crippen molar-refractivity contribution in [3.05, 3.63) is 71.0 Å². The molecule has 1 fully saturated rings. The summed E-state index contributed by atoms with van der Waals surface area (Å²) in [5, 5.41) is 9.22. The smallest absolute Gasteiger partial charge is 0.254 e. The molecule has 1 amide bonds. The second-order valence-electron chi connectivity index (χ2n) is 5.20. The van der Waals surface area contributed by atoms with Gasteiger partial charge in [0.25, 0.3) is 5.91 Å². The summed E-state index contributed by atoms with van der Waals surface area (Å²) in [5.41, 5.74) is 1.93. The lowest BCUT2D eigenvalue weighted by molar-refractivity contribution is 0.00589. The Labute approximate surface area is 128 Å². The minimum atomic E-state index is -0.402. The highest BCUT2D eigenvalue weighted by molar-refractivity contribution is 5.94. The van der Waals surface area contributed by atoms with Crippen LogP contribution < -0.4 is 0 Å². The Morgan fingerprint density at radius 3 is 2.41 bits per heavy atom. The third kappa shape index (κ3) is 3.16. The number of aliphatic hydroxyl groups excluding tert-OH is 1. The van der Waals surface area contributed by atoms with Crippen LogP contribution in [0, 0.1) is 17.7 Å². The van der Waals surface area contributed by atoms with Gasteiger partial charge in [-0.05, 0) is 42.5 Å². The van der Waals surface area contributed by atoms with Crippen molar-refractivity contribution in [1.82, 2.24) is 4.90 Å². The average Bonchev–Trinajstić information content (AvgIpc) is 2.50. The summed E-state index contributed by atoms with van der Waals surface area (Å²) >= 11 is 0. The van der Waals surface area contributed by atoms with E-state index in [9.17, 15) is 14.3 Å². The van der Waals surface area contributed by atoms with Gasteiger partial charge in [0.05, 0.1) is 6.10 Å². The van der Waals surface area contributed by atoms with Crippen molar-refractivity contribution >= 4 is 5.91 Å². The molecule has 0 spiro atoms. The second-order valence-corrected chi connectivity index (χ2v) is 5.20. The van der Waals surface area contributed by atoms with Crippen LogP contribution in [0.15, 0.2) is 48.5 Å². The molecular formula is C18H14FNO2. The summed E-state index contributed by atoms with van der Waals surface area (Å²) < 4.78 is 13.0. The molecule has 22 heavy (non-hydrogen) atoms. The molecule has 1 N–H and O–H groups in total. The highest BCUT2D eigenvalue weighted by atomic mass is 19.1. The van der Waals surface area contributed by atoms with E-state index < -0.39 is 6.10 Å². The van der Waals surface area contributed by atoms with Crippen LogP contribution in [0.2, 0.25) is 0 Å². The number of benzene rings is 2. The minimum Gasteiger partial charge on any atom is -0.389 e. The first-order valence-corrected chi connectivity index (χ1v) is 6.97. The molecule has 1 aliphatic heterocycles. The summed E-state index contributed by atoms with van der Waals surface area (Å²) in [5.74, 6) is 5.42. The zero-order valence-corrected chi connectivity index (χ0v) is 11.8. The van der Waals surface area contributed by atoms with E-state index in [0.29, 0.717) is 24.2 Å². The highest BCUT2D eigenvalue weighted by Gasteiger charge is 2.29. The predicted molar refractivity (Wildman–Crippen MR) is 80.7 cm³/mol. The van der Waals surface area contributed by atoms with Crippen LogP contribution >= 0.6 is 0 Å². The second kappa shape index (κ2) is 6.00. The summed E-state index contributed by atoms with van der Waals surface area (Å²) in [7, 11) is 0. The molecule has 0 aromatic heterocycles. The molecule has 1 heterocycles. The van der Waals surface area contributed by atoms with Crippen molar-refractivity contribution in [3.63, 3.8) is 0 Å². The molecular weight excluding hydrogens is 281 g/mol. The van der Waals surface area contributed by atoms with Crippen molar-refractivity contribution in [2.45, 2.75) is 6.10 Å². The first-order chi connectivity index (χ1) is 10.6. The van der Waals surface area contributed by atoms with Gasteiger partial charge in [-0.1, -0.05) is 17.9 Å². The van der Waals surface area contributed by atoms with Gasteiger partial charge in [0.2, 0.25) is 0 Å². The fourth-order valence-corrected chi connectivity index (χ4v) is 2.21. The van der Waals surface area contributed by atoms with Crippen LogP contribution in [0.4, 0.5) is 4.39 Å². The Hall–Kier alpha value is -2.64. The monoisotopic (exact) mass is 295 g/mol. The van der Waals surface area contributed by atoms with E-state index >= 15 is 0 Å². The Bertz CT molecular complexity index is 753. The number of carbonyl (C=O) groups excluding carboxylic acids is 1. The number of nitrogens with zero attached hydrogens (tertiary/aromatic N) is 1. The molecule has 0 saturated carbocycles. The van der Waals surface area contributed by atoms with Crippen molar-refractivity contribution in [3.8, 4) is 11.8 Å². The molecule has 110 valence electrons. The van der Waals surface area contributed by atoms with Gasteiger partial charge in [0, 0.05) is 29.8 Å². The summed E-state index contributed by atoms with van der Waals surface area (Å²) in [6.45, 7) is 0.778. The van der Waals surface area contributed by atoms with E-state index in [2.05, 4.69) is 11.8 Å². The van der Waals surface area contributed by atoms with Gasteiger partial charge in [-0.25, -0.2) is 4.39 Å². The molecule has 4 heteroatoms. The molecule has 2 aromatic rings. The van der Waals surface area contributed by atoms with Crippen molar-refractivity contribution < 1.29 is 14.3 Å². The van der Waals surface area contributed by atoms with Crippen LogP contribution in [0.3, 0.4) is 0 Å². The normalized spacial score (nSPS) is 14.0. The fraction of sp³-hybridized carbons (Fsp3) is 0.167. The molecule has 0 unspecified atom stereocenters. The fourth-order valence-electron chi connectivity index (χ4n) is 2.21. The largest absolute Gasteiger partial charge is 0.389 e. The highest BCUT2D eigenvalue weighted by Crippen LogP contribution is 2.14. The van der Waals surface area contributed by atoms with Crippen molar-refractivity contribution in [2.24, 2.45) is 0 Å². The van der Waals surface area contributed by atoms with Gasteiger partial charge >= 0.3 is 0 Å². The Kier molecular flexibility index (Phi) is 3.90. The van der Waals surface area contributed by atoms with Gasteiger partial charge in [0.1, 0.15) is 5.82 Å². The lowest BCUT2D eigenvalue weighted by atomic mass is 10.1. The van der Waals surface area contributed by atoms with Crippen LogP contribution in [-0.2, 0) is 0 Å². The standard InChI is InChI=1S/C18H14FNO2/c19-16-3-1-2-14(10-16)5-4-13-6-8-15(9-7-13)18(22)20-11-17(21)12-20/h1-3,6-10,17,21H,11-12H2. The lowest BCUT2D eigenvalue weighted by Gasteiger charge is -2.35. The van der Waals surface area contributed by atoms with Gasteiger partial charge in [-0.2, -0.15) is 0 Å². The van der Waals surface area contributed by atoms with Crippen molar-refractivity contribution in [2.75, 3.05) is 13.1 Å². The number of β-amino-alcohol motifs (C(OH)–C–C–N with tert-alkyl or cyclic N) is 1. The molecule has 1 aliphatic rings. The third-order valence-corrected chi connectivity index (χ3v) is 3.46.